The van der Waals surface area contributed by atoms with Crippen LogP contribution in [0.3, 0.4) is 0 Å². The summed E-state index contributed by atoms with van der Waals surface area (Å²) in [6.45, 7) is -0.0841. The van der Waals surface area contributed by atoms with Crippen molar-refractivity contribution in [1.29, 1.82) is 5.41 Å². The number of carbonyl (C=O) groups excluding carboxylic acids is 3. The van der Waals surface area contributed by atoms with Gasteiger partial charge in [-0.05, 0) is 36.2 Å². The maximum atomic E-state index is 12.7. The Balaban J connectivity index is 1.46. The first kappa shape index (κ1) is 25.0. The summed E-state index contributed by atoms with van der Waals surface area (Å²) < 4.78 is 5.00. The molecule has 1 saturated heterocycles. The molecule has 3 rings (SSSR count). The van der Waals surface area contributed by atoms with Gasteiger partial charge in [-0.2, -0.15) is 0 Å². The number of carboxylic acids is 1. The molecule has 0 aromatic heterocycles. The number of urea groups is 1. The van der Waals surface area contributed by atoms with E-state index in [1.165, 1.54) is 4.90 Å². The Labute approximate surface area is 200 Å². The van der Waals surface area contributed by atoms with Crippen LogP contribution in [-0.2, 0) is 20.9 Å². The number of ether oxygens (including phenoxy) is 1. The van der Waals surface area contributed by atoms with E-state index in [0.717, 1.165) is 5.56 Å². The fraction of sp³-hybridized carbons (Fsp3) is 0.261. The third kappa shape index (κ3) is 6.93. The zero-order valence-electron chi connectivity index (χ0n) is 18.7. The zero-order valence-corrected chi connectivity index (χ0v) is 18.7. The van der Waals surface area contributed by atoms with Gasteiger partial charge in [0.1, 0.15) is 24.5 Å². The highest BCUT2D eigenvalue weighted by Gasteiger charge is 2.34. The molecule has 12 heteroatoms. The van der Waals surface area contributed by atoms with Crippen LogP contribution in [0.25, 0.3) is 0 Å². The van der Waals surface area contributed by atoms with Gasteiger partial charge in [0.2, 0.25) is 5.91 Å². The van der Waals surface area contributed by atoms with Gasteiger partial charge in [-0.15, -0.1) is 0 Å². The Morgan fingerprint density at radius 1 is 1.14 bits per heavy atom. The van der Waals surface area contributed by atoms with Gasteiger partial charge in [-0.25, -0.2) is 14.4 Å². The van der Waals surface area contributed by atoms with E-state index in [4.69, 9.17) is 15.9 Å². The van der Waals surface area contributed by atoms with E-state index in [0.29, 0.717) is 24.2 Å². The van der Waals surface area contributed by atoms with Gasteiger partial charge >= 0.3 is 18.1 Å². The molecule has 7 N–H and O–H groups in total. The summed E-state index contributed by atoms with van der Waals surface area (Å²) in [5.41, 5.74) is 7.30. The van der Waals surface area contributed by atoms with Crippen LogP contribution in [0.4, 0.5) is 15.3 Å². The van der Waals surface area contributed by atoms with Crippen LogP contribution in [0.5, 0.6) is 0 Å². The maximum absolute atomic E-state index is 12.7. The number of anilines is 1. The maximum Gasteiger partial charge on any atom is 0.408 e. The highest BCUT2D eigenvalue weighted by atomic mass is 16.5. The molecule has 184 valence electrons. The zero-order chi connectivity index (χ0) is 25.4. The Hall–Kier alpha value is -4.61. The van der Waals surface area contributed by atoms with E-state index in [2.05, 4.69) is 16.0 Å². The lowest BCUT2D eigenvalue weighted by Gasteiger charge is -2.19. The minimum absolute atomic E-state index is 0.0370. The van der Waals surface area contributed by atoms with Gasteiger partial charge in [0.05, 0.1) is 6.54 Å². The number of nitrogens with zero attached hydrogens (tertiary/aromatic N) is 1. The normalized spacial score (nSPS) is 15.7. The molecule has 0 radical (unpaired) electrons. The summed E-state index contributed by atoms with van der Waals surface area (Å²) in [5, 5.41) is 23.8. The van der Waals surface area contributed by atoms with E-state index < -0.39 is 36.7 Å². The first-order valence-corrected chi connectivity index (χ1v) is 10.7. The molecule has 2 unspecified atom stereocenters. The lowest BCUT2D eigenvalue weighted by molar-refractivity contribution is -0.139. The molecule has 1 aliphatic heterocycles. The molecule has 1 heterocycles. The molecule has 35 heavy (non-hydrogen) atoms. The molecule has 1 aliphatic rings. The summed E-state index contributed by atoms with van der Waals surface area (Å²) in [6.07, 6.45) is -0.589. The number of carbonyl (C=O) groups is 4. The molecule has 1 fully saturated rings. The molecule has 2 aromatic carbocycles. The number of hydrogen-bond acceptors (Lipinski definition) is 6. The van der Waals surface area contributed by atoms with Crippen molar-refractivity contribution < 1.29 is 29.0 Å². The Bertz CT molecular complexity index is 1090. The molecule has 0 spiro atoms. The van der Waals surface area contributed by atoms with Crippen LogP contribution in [-0.4, -0.2) is 60.1 Å². The average Bonchev–Trinajstić information content (AvgIpc) is 3.20. The van der Waals surface area contributed by atoms with E-state index in [-0.39, 0.29) is 18.3 Å². The van der Waals surface area contributed by atoms with Crippen molar-refractivity contribution >= 4 is 35.5 Å². The predicted molar refractivity (Wildman–Crippen MR) is 126 cm³/mol. The van der Waals surface area contributed by atoms with E-state index in [1.807, 2.05) is 6.07 Å². The number of amidine groups is 1. The second-order valence-corrected chi connectivity index (χ2v) is 7.74. The van der Waals surface area contributed by atoms with Gasteiger partial charge in [-0.3, -0.25) is 10.2 Å². The number of nitrogens with two attached hydrogens (primary N) is 1. The minimum Gasteiger partial charge on any atom is -0.480 e. The smallest absolute Gasteiger partial charge is 0.408 e. The summed E-state index contributed by atoms with van der Waals surface area (Å²) in [7, 11) is 0. The number of nitrogen functional groups attached to an aromatic ring is 1. The first-order chi connectivity index (χ1) is 16.7. The average molecular weight is 482 g/mol. The Morgan fingerprint density at radius 2 is 1.83 bits per heavy atom. The number of nitrogens with one attached hydrogen (secondary N) is 4. The molecule has 2 aromatic rings. The second kappa shape index (κ2) is 11.5. The topological polar surface area (TPSA) is 187 Å². The van der Waals surface area contributed by atoms with Gasteiger partial charge in [0.15, 0.2) is 0 Å². The summed E-state index contributed by atoms with van der Waals surface area (Å²) in [5.74, 6) is -1.77. The van der Waals surface area contributed by atoms with Crippen molar-refractivity contribution in [2.45, 2.75) is 25.1 Å². The van der Waals surface area contributed by atoms with Gasteiger partial charge in [0.25, 0.3) is 0 Å². The lowest BCUT2D eigenvalue weighted by atomic mass is 10.2. The first-order valence-electron chi connectivity index (χ1n) is 10.7. The fourth-order valence-electron chi connectivity index (χ4n) is 3.40. The number of aliphatic carboxylic acids is 1. The second-order valence-electron chi connectivity index (χ2n) is 7.74. The highest BCUT2D eigenvalue weighted by Crippen LogP contribution is 2.22. The number of carboxylic acid groups (broad SMARTS) is 1. The Kier molecular flexibility index (Phi) is 8.22. The monoisotopic (exact) mass is 482 g/mol. The van der Waals surface area contributed by atoms with Gasteiger partial charge < -0.3 is 36.4 Å². The van der Waals surface area contributed by atoms with Crippen molar-refractivity contribution in [1.82, 2.24) is 16.0 Å². The molecule has 0 saturated carbocycles. The van der Waals surface area contributed by atoms with Crippen molar-refractivity contribution in [2.75, 3.05) is 18.0 Å². The third-order valence-corrected chi connectivity index (χ3v) is 5.27. The fourth-order valence-corrected chi connectivity index (χ4v) is 3.40. The van der Waals surface area contributed by atoms with E-state index in [1.54, 1.807) is 48.5 Å². The van der Waals surface area contributed by atoms with Crippen LogP contribution < -0.4 is 26.6 Å². The van der Waals surface area contributed by atoms with Crippen LogP contribution in [0, 0.1) is 5.41 Å². The minimum atomic E-state index is -1.43. The Morgan fingerprint density at radius 3 is 2.46 bits per heavy atom. The number of amides is 4. The van der Waals surface area contributed by atoms with Crippen LogP contribution in [0.1, 0.15) is 17.5 Å². The molecular weight excluding hydrogens is 456 g/mol. The molecular formula is C23H26N6O6. The number of rotatable bonds is 9. The van der Waals surface area contributed by atoms with Crippen LogP contribution >= 0.6 is 0 Å². The quantitative estimate of drug-likeness (QED) is 0.225. The summed E-state index contributed by atoms with van der Waals surface area (Å²) >= 11 is 0. The van der Waals surface area contributed by atoms with Crippen molar-refractivity contribution in [3.8, 4) is 0 Å². The van der Waals surface area contributed by atoms with Crippen molar-refractivity contribution in [3.63, 3.8) is 0 Å². The molecule has 12 nitrogen and oxygen atoms in total. The predicted octanol–water partition coefficient (Wildman–Crippen LogP) is 0.755. The van der Waals surface area contributed by atoms with Gasteiger partial charge in [-0.1, -0.05) is 30.3 Å². The SMILES string of the molecule is N=C(N)c1ccc(N2CCC(NC(=O)NCC(NC(=O)OCc3ccccc3)C(=O)O)C2=O)cc1. The van der Waals surface area contributed by atoms with E-state index >= 15 is 0 Å². The lowest BCUT2D eigenvalue weighted by Crippen LogP contribution is -2.52. The van der Waals surface area contributed by atoms with Crippen molar-refractivity contribution in [2.24, 2.45) is 5.73 Å². The highest BCUT2D eigenvalue weighted by molar-refractivity contribution is 6.02. The number of hydrogen-bond donors (Lipinski definition) is 6. The third-order valence-electron chi connectivity index (χ3n) is 5.27. The van der Waals surface area contributed by atoms with E-state index in [9.17, 15) is 24.3 Å². The molecule has 0 aliphatic carbocycles. The number of alkyl carbamates (subject to hydrolysis) is 1. The summed E-state index contributed by atoms with van der Waals surface area (Å²) in [6, 6.07) is 12.5. The molecule has 4 amide bonds. The summed E-state index contributed by atoms with van der Waals surface area (Å²) in [4.78, 5) is 49.8. The standard InChI is InChI=1S/C23H26N6O6/c24-19(25)15-6-8-16(9-7-15)29-11-10-17(20(29)30)27-22(33)26-12-18(21(31)32)28-23(34)35-13-14-4-2-1-3-5-14/h1-9,17-18H,10-13H2,(H3,24,25)(H,28,34)(H,31,32)(H2,26,27,33). The van der Waals surface area contributed by atoms with Crippen LogP contribution in [0.15, 0.2) is 54.6 Å². The van der Waals surface area contributed by atoms with Crippen LogP contribution in [0.2, 0.25) is 0 Å². The van der Waals surface area contributed by atoms with Crippen molar-refractivity contribution in [3.05, 3.63) is 65.7 Å². The molecule has 0 bridgehead atoms. The number of benzene rings is 2. The largest absolute Gasteiger partial charge is 0.480 e. The molecule has 2 atom stereocenters. The van der Waals surface area contributed by atoms with Gasteiger partial charge in [0, 0.05) is 17.8 Å².